The van der Waals surface area contributed by atoms with Crippen LogP contribution in [0.4, 0.5) is 5.69 Å². The van der Waals surface area contributed by atoms with Gasteiger partial charge >= 0.3 is 0 Å². The number of rotatable bonds is 6. The van der Waals surface area contributed by atoms with E-state index in [1.807, 2.05) is 30.3 Å². The zero-order valence-corrected chi connectivity index (χ0v) is 17.5. The smallest absolute Gasteiger partial charge is 0.294 e. The second-order valence-corrected chi connectivity index (χ2v) is 7.63. The van der Waals surface area contributed by atoms with E-state index in [4.69, 9.17) is 9.15 Å². The molecule has 0 saturated heterocycles. The van der Waals surface area contributed by atoms with Gasteiger partial charge in [0, 0.05) is 22.7 Å². The number of aliphatic hydroxyl groups excluding tert-OH is 1. The molecule has 1 amide bonds. The van der Waals surface area contributed by atoms with Gasteiger partial charge in [-0.3, -0.25) is 14.5 Å². The average molecular weight is 417 g/mol. The van der Waals surface area contributed by atoms with Crippen LogP contribution in [0.25, 0.3) is 11.3 Å². The Hall–Kier alpha value is -3.80. The molecule has 158 valence electrons. The lowest BCUT2D eigenvalue weighted by molar-refractivity contribution is -0.119. The Kier molecular flexibility index (Phi) is 5.38. The molecule has 1 aliphatic heterocycles. The summed E-state index contributed by atoms with van der Waals surface area (Å²) in [4.78, 5) is 27.6. The van der Waals surface area contributed by atoms with Crippen molar-refractivity contribution in [1.29, 1.82) is 0 Å². The number of anilines is 1. The molecule has 0 fully saturated rings. The van der Waals surface area contributed by atoms with Crippen molar-refractivity contribution in [1.82, 2.24) is 0 Å². The summed E-state index contributed by atoms with van der Waals surface area (Å²) in [5.74, 6) is -0.575. The number of methoxy groups -OCH3 is 1. The highest BCUT2D eigenvalue weighted by molar-refractivity contribution is 6.17. The number of aliphatic hydroxyl groups is 1. The third kappa shape index (κ3) is 3.50. The predicted molar refractivity (Wildman–Crippen MR) is 117 cm³/mol. The van der Waals surface area contributed by atoms with Crippen molar-refractivity contribution in [2.45, 2.75) is 19.9 Å². The molecule has 1 N–H and O–H groups in total. The van der Waals surface area contributed by atoms with Gasteiger partial charge in [-0.25, -0.2) is 0 Å². The fraction of sp³-hybridized carbons (Fsp3) is 0.200. The number of hydrogen-bond acceptors (Lipinski definition) is 5. The molecule has 1 unspecified atom stereocenters. The lowest BCUT2D eigenvalue weighted by Crippen LogP contribution is -2.31. The van der Waals surface area contributed by atoms with Gasteiger partial charge in [-0.15, -0.1) is 0 Å². The van der Waals surface area contributed by atoms with Crippen LogP contribution < -0.4 is 9.64 Å². The lowest BCUT2D eigenvalue weighted by Gasteiger charge is -2.28. The number of para-hydroxylation sites is 1. The van der Waals surface area contributed by atoms with E-state index in [0.29, 0.717) is 22.8 Å². The second-order valence-electron chi connectivity index (χ2n) is 7.63. The number of ketones is 1. The Morgan fingerprint density at radius 3 is 2.39 bits per heavy atom. The molecular weight excluding hydrogens is 394 g/mol. The number of ether oxygens (including phenoxy) is 1. The standard InChI is InChI=1S/C25H23NO5/c1-15(2)23(27)21-22(18-7-4-5-8-20(18)30-3)26(25(29)24(21)28)17-12-10-16(11-13-17)19-9-6-14-31-19/h4-15,22,28H,1-3H3. The minimum Gasteiger partial charge on any atom is -0.503 e. The van der Waals surface area contributed by atoms with E-state index in [1.54, 1.807) is 50.4 Å². The normalized spacial score (nSPS) is 16.3. The molecule has 0 aliphatic carbocycles. The zero-order chi connectivity index (χ0) is 22.1. The first kappa shape index (κ1) is 20.5. The van der Waals surface area contributed by atoms with Crippen molar-refractivity contribution in [2.24, 2.45) is 5.92 Å². The van der Waals surface area contributed by atoms with E-state index in [1.165, 1.54) is 12.0 Å². The van der Waals surface area contributed by atoms with Crippen molar-refractivity contribution < 1.29 is 23.8 Å². The van der Waals surface area contributed by atoms with Gasteiger partial charge in [0.2, 0.25) is 0 Å². The number of Topliss-reactive ketones (excluding diaryl/α,β-unsaturated/α-hetero) is 1. The molecule has 0 radical (unpaired) electrons. The number of carbonyl (C=O) groups excluding carboxylic acids is 2. The maximum atomic E-state index is 13.1. The van der Waals surface area contributed by atoms with Crippen molar-refractivity contribution in [3.8, 4) is 17.1 Å². The van der Waals surface area contributed by atoms with Crippen molar-refractivity contribution in [3.05, 3.63) is 83.8 Å². The van der Waals surface area contributed by atoms with Crippen LogP contribution in [0.2, 0.25) is 0 Å². The quantitative estimate of drug-likeness (QED) is 0.605. The molecule has 0 spiro atoms. The van der Waals surface area contributed by atoms with Crippen molar-refractivity contribution >= 4 is 17.4 Å². The number of furan rings is 1. The fourth-order valence-electron chi connectivity index (χ4n) is 3.85. The molecule has 4 rings (SSSR count). The Balaban J connectivity index is 1.84. The maximum absolute atomic E-state index is 13.1. The van der Waals surface area contributed by atoms with Gasteiger partial charge in [0.05, 0.1) is 25.0 Å². The van der Waals surface area contributed by atoms with Gasteiger partial charge in [-0.2, -0.15) is 0 Å². The predicted octanol–water partition coefficient (Wildman–Crippen LogP) is 5.08. The summed E-state index contributed by atoms with van der Waals surface area (Å²) in [6.45, 7) is 3.49. The highest BCUT2D eigenvalue weighted by Crippen LogP contribution is 2.44. The van der Waals surface area contributed by atoms with Gasteiger partial charge in [-0.1, -0.05) is 32.0 Å². The highest BCUT2D eigenvalue weighted by Gasteiger charge is 2.45. The summed E-state index contributed by atoms with van der Waals surface area (Å²) in [7, 11) is 1.53. The number of carbonyl (C=O) groups is 2. The largest absolute Gasteiger partial charge is 0.503 e. The summed E-state index contributed by atoms with van der Waals surface area (Å²) in [5, 5.41) is 10.7. The van der Waals surface area contributed by atoms with E-state index < -0.39 is 17.7 Å². The molecule has 2 heterocycles. The average Bonchev–Trinajstić information content (AvgIpc) is 3.41. The molecule has 6 nitrogen and oxygen atoms in total. The lowest BCUT2D eigenvalue weighted by atomic mass is 9.90. The summed E-state index contributed by atoms with van der Waals surface area (Å²) < 4.78 is 10.9. The van der Waals surface area contributed by atoms with Gasteiger partial charge < -0.3 is 14.3 Å². The molecule has 0 bridgehead atoms. The van der Waals surface area contributed by atoms with E-state index >= 15 is 0 Å². The Morgan fingerprint density at radius 1 is 1.06 bits per heavy atom. The first-order valence-electron chi connectivity index (χ1n) is 10.0. The SMILES string of the molecule is COc1ccccc1C1C(C(=O)C(C)C)=C(O)C(=O)N1c1ccc(-c2ccco2)cc1. The molecule has 0 saturated carbocycles. The van der Waals surface area contributed by atoms with Gasteiger partial charge in [0.1, 0.15) is 11.5 Å². The van der Waals surface area contributed by atoms with Crippen LogP contribution in [0.5, 0.6) is 5.75 Å². The Labute approximate surface area is 180 Å². The van der Waals surface area contributed by atoms with Crippen LogP contribution in [0, 0.1) is 5.92 Å². The number of nitrogens with zero attached hydrogens (tertiary/aromatic N) is 1. The van der Waals surface area contributed by atoms with Crippen LogP contribution >= 0.6 is 0 Å². The second kappa shape index (κ2) is 8.14. The molecular formula is C25H23NO5. The summed E-state index contributed by atoms with van der Waals surface area (Å²) in [5.41, 5.74) is 2.11. The van der Waals surface area contributed by atoms with Crippen LogP contribution in [0.3, 0.4) is 0 Å². The van der Waals surface area contributed by atoms with Crippen LogP contribution in [0.15, 0.2) is 82.7 Å². The molecule has 1 aromatic heterocycles. The first-order chi connectivity index (χ1) is 14.9. The topological polar surface area (TPSA) is 80.0 Å². The van der Waals surface area contributed by atoms with Crippen molar-refractivity contribution in [3.63, 3.8) is 0 Å². The minimum absolute atomic E-state index is 0.0830. The highest BCUT2D eigenvalue weighted by atomic mass is 16.5. The summed E-state index contributed by atoms with van der Waals surface area (Å²) >= 11 is 0. The third-order valence-corrected chi connectivity index (χ3v) is 5.38. The van der Waals surface area contributed by atoms with Crippen LogP contribution in [0.1, 0.15) is 25.5 Å². The minimum atomic E-state index is -0.798. The van der Waals surface area contributed by atoms with Crippen LogP contribution in [-0.4, -0.2) is 23.9 Å². The fourth-order valence-corrected chi connectivity index (χ4v) is 3.85. The zero-order valence-electron chi connectivity index (χ0n) is 17.5. The first-order valence-corrected chi connectivity index (χ1v) is 10.0. The molecule has 1 aliphatic rings. The van der Waals surface area contributed by atoms with Gasteiger partial charge in [0.15, 0.2) is 11.5 Å². The van der Waals surface area contributed by atoms with Crippen molar-refractivity contribution in [2.75, 3.05) is 12.0 Å². The van der Waals surface area contributed by atoms with Gasteiger partial charge in [-0.05, 0) is 42.5 Å². The van der Waals surface area contributed by atoms with Crippen LogP contribution in [-0.2, 0) is 9.59 Å². The monoisotopic (exact) mass is 417 g/mol. The Bertz CT molecular complexity index is 1140. The maximum Gasteiger partial charge on any atom is 0.294 e. The van der Waals surface area contributed by atoms with Gasteiger partial charge in [0.25, 0.3) is 5.91 Å². The molecule has 3 aromatic rings. The van der Waals surface area contributed by atoms with E-state index in [2.05, 4.69) is 0 Å². The Morgan fingerprint density at radius 2 is 1.77 bits per heavy atom. The molecule has 2 aromatic carbocycles. The molecule has 1 atom stereocenters. The molecule has 6 heteroatoms. The van der Waals surface area contributed by atoms with E-state index in [-0.39, 0.29) is 17.3 Å². The van der Waals surface area contributed by atoms with E-state index in [0.717, 1.165) is 5.56 Å². The number of amides is 1. The number of benzene rings is 2. The summed E-state index contributed by atoms with van der Waals surface area (Å²) in [6, 6.07) is 17.3. The molecule has 31 heavy (non-hydrogen) atoms. The third-order valence-electron chi connectivity index (χ3n) is 5.38. The van der Waals surface area contributed by atoms with E-state index in [9.17, 15) is 14.7 Å². The summed E-state index contributed by atoms with van der Waals surface area (Å²) in [6.07, 6.45) is 1.59. The number of hydrogen-bond donors (Lipinski definition) is 1.